The molecule has 5 nitrogen and oxygen atoms in total. The Bertz CT molecular complexity index is 915. The average Bonchev–Trinajstić information content (AvgIpc) is 2.70. The standard InChI is InChI=1S/C25H33F2N3O2/c1-16(31)29-24(12-18-9-20(26)13-21(27)10-18)25(32)14-28-23-6-4-5-19-8-7-17(11-22(19)23)15-30(2)3/h7-11,13,23-25,28,32H,4-6,12,14-15H2,1-3H3,(H,29,31)/t23-,24?,25?/m0/s1. The number of amides is 1. The van der Waals surface area contributed by atoms with Gasteiger partial charge >= 0.3 is 0 Å². The Morgan fingerprint density at radius 1 is 1.16 bits per heavy atom. The largest absolute Gasteiger partial charge is 0.390 e. The van der Waals surface area contributed by atoms with Crippen molar-refractivity contribution in [3.8, 4) is 0 Å². The number of hydrogen-bond acceptors (Lipinski definition) is 4. The van der Waals surface area contributed by atoms with Crippen molar-refractivity contribution in [2.24, 2.45) is 0 Å². The summed E-state index contributed by atoms with van der Waals surface area (Å²) in [5.74, 6) is -1.66. The van der Waals surface area contributed by atoms with Crippen molar-refractivity contribution < 1.29 is 18.7 Å². The zero-order chi connectivity index (χ0) is 23.3. The zero-order valence-corrected chi connectivity index (χ0v) is 19.0. The van der Waals surface area contributed by atoms with Gasteiger partial charge in [0, 0.05) is 32.1 Å². The average molecular weight is 446 g/mol. The molecule has 0 fully saturated rings. The molecule has 32 heavy (non-hydrogen) atoms. The molecule has 0 bridgehead atoms. The fraction of sp³-hybridized carbons (Fsp3) is 0.480. The summed E-state index contributed by atoms with van der Waals surface area (Å²) in [4.78, 5) is 13.8. The molecule has 7 heteroatoms. The van der Waals surface area contributed by atoms with Crippen LogP contribution in [-0.4, -0.2) is 48.7 Å². The molecule has 0 saturated heterocycles. The second kappa shape index (κ2) is 11.0. The number of hydrogen-bond donors (Lipinski definition) is 3. The fourth-order valence-corrected chi connectivity index (χ4v) is 4.46. The first-order chi connectivity index (χ1) is 15.2. The molecule has 0 aromatic heterocycles. The SMILES string of the molecule is CC(=O)NC(Cc1cc(F)cc(F)c1)C(O)CN[C@H]1CCCc2ccc(CN(C)C)cc21. The summed E-state index contributed by atoms with van der Waals surface area (Å²) >= 11 is 0. The van der Waals surface area contributed by atoms with Crippen LogP contribution in [0.3, 0.4) is 0 Å². The molecule has 0 aliphatic heterocycles. The van der Waals surface area contributed by atoms with Crippen LogP contribution in [0.15, 0.2) is 36.4 Å². The monoisotopic (exact) mass is 445 g/mol. The number of carbonyl (C=O) groups is 1. The Balaban J connectivity index is 1.69. The van der Waals surface area contributed by atoms with Crippen LogP contribution >= 0.6 is 0 Å². The lowest BCUT2D eigenvalue weighted by molar-refractivity contribution is -0.120. The summed E-state index contributed by atoms with van der Waals surface area (Å²) < 4.78 is 27.2. The summed E-state index contributed by atoms with van der Waals surface area (Å²) in [6.07, 6.45) is 2.28. The van der Waals surface area contributed by atoms with Crippen LogP contribution in [0.2, 0.25) is 0 Å². The summed E-state index contributed by atoms with van der Waals surface area (Å²) in [6, 6.07) is 9.30. The van der Waals surface area contributed by atoms with Crippen molar-refractivity contribution in [2.75, 3.05) is 20.6 Å². The van der Waals surface area contributed by atoms with Crippen LogP contribution in [0.25, 0.3) is 0 Å². The quantitative estimate of drug-likeness (QED) is 0.555. The van der Waals surface area contributed by atoms with E-state index in [4.69, 9.17) is 0 Å². The van der Waals surface area contributed by atoms with Crippen molar-refractivity contribution in [2.45, 2.75) is 57.3 Å². The Morgan fingerprint density at radius 2 is 1.88 bits per heavy atom. The number of aliphatic hydroxyl groups excluding tert-OH is 1. The lowest BCUT2D eigenvalue weighted by Crippen LogP contribution is -2.48. The number of nitrogens with zero attached hydrogens (tertiary/aromatic N) is 1. The van der Waals surface area contributed by atoms with Crippen LogP contribution < -0.4 is 10.6 Å². The predicted molar refractivity (Wildman–Crippen MR) is 121 cm³/mol. The highest BCUT2D eigenvalue weighted by molar-refractivity contribution is 5.73. The zero-order valence-electron chi connectivity index (χ0n) is 19.0. The molecule has 0 heterocycles. The second-order valence-corrected chi connectivity index (χ2v) is 8.98. The van der Waals surface area contributed by atoms with Gasteiger partial charge in [-0.05, 0) is 74.2 Å². The van der Waals surface area contributed by atoms with Crippen LogP contribution in [0.1, 0.15) is 48.1 Å². The van der Waals surface area contributed by atoms with Crippen molar-refractivity contribution >= 4 is 5.91 Å². The summed E-state index contributed by atoms with van der Waals surface area (Å²) in [5, 5.41) is 17.0. The molecule has 1 aliphatic rings. The lowest BCUT2D eigenvalue weighted by atomic mass is 9.86. The molecule has 3 N–H and O–H groups in total. The smallest absolute Gasteiger partial charge is 0.217 e. The molecule has 0 radical (unpaired) electrons. The van der Waals surface area contributed by atoms with Crippen LogP contribution in [0.4, 0.5) is 8.78 Å². The summed E-state index contributed by atoms with van der Waals surface area (Å²) in [5.41, 5.74) is 4.20. The highest BCUT2D eigenvalue weighted by atomic mass is 19.1. The number of aryl methyl sites for hydroxylation is 1. The maximum absolute atomic E-state index is 13.6. The van der Waals surface area contributed by atoms with E-state index >= 15 is 0 Å². The van der Waals surface area contributed by atoms with E-state index in [1.54, 1.807) is 0 Å². The third-order valence-electron chi connectivity index (χ3n) is 5.83. The third kappa shape index (κ3) is 6.82. The van der Waals surface area contributed by atoms with Crippen molar-refractivity contribution in [1.82, 2.24) is 15.5 Å². The first-order valence-electron chi connectivity index (χ1n) is 11.1. The molecule has 2 aromatic rings. The molecule has 1 aliphatic carbocycles. The van der Waals surface area contributed by atoms with E-state index in [0.717, 1.165) is 31.9 Å². The van der Waals surface area contributed by atoms with Gasteiger partial charge < -0.3 is 20.6 Å². The predicted octanol–water partition coefficient (Wildman–Crippen LogP) is 3.10. The molecule has 0 saturated carbocycles. The van der Waals surface area contributed by atoms with Gasteiger partial charge in [-0.15, -0.1) is 0 Å². The first kappa shape index (κ1) is 24.3. The molecular weight excluding hydrogens is 412 g/mol. The van der Waals surface area contributed by atoms with E-state index in [0.29, 0.717) is 5.56 Å². The minimum Gasteiger partial charge on any atom is -0.390 e. The van der Waals surface area contributed by atoms with Crippen LogP contribution in [0, 0.1) is 11.6 Å². The van der Waals surface area contributed by atoms with Crippen molar-refractivity contribution in [3.05, 3.63) is 70.3 Å². The maximum atomic E-state index is 13.6. The highest BCUT2D eigenvalue weighted by Crippen LogP contribution is 2.31. The highest BCUT2D eigenvalue weighted by Gasteiger charge is 2.25. The normalized spacial score (nSPS) is 17.7. The minimum absolute atomic E-state index is 0.111. The van der Waals surface area contributed by atoms with Gasteiger partial charge in [-0.25, -0.2) is 8.78 Å². The van der Waals surface area contributed by atoms with E-state index in [2.05, 4.69) is 33.7 Å². The van der Waals surface area contributed by atoms with Gasteiger partial charge in [0.2, 0.25) is 5.91 Å². The maximum Gasteiger partial charge on any atom is 0.217 e. The van der Waals surface area contributed by atoms with Gasteiger partial charge in [-0.2, -0.15) is 0 Å². The lowest BCUT2D eigenvalue weighted by Gasteiger charge is -2.30. The molecule has 3 atom stereocenters. The Labute approximate surface area is 188 Å². The second-order valence-electron chi connectivity index (χ2n) is 8.98. The van der Waals surface area contributed by atoms with Gasteiger partial charge in [0.15, 0.2) is 0 Å². The molecule has 3 rings (SSSR count). The molecule has 2 aromatic carbocycles. The molecule has 1 amide bonds. The van der Waals surface area contributed by atoms with E-state index < -0.39 is 23.8 Å². The Morgan fingerprint density at radius 3 is 2.53 bits per heavy atom. The topological polar surface area (TPSA) is 64.6 Å². The van der Waals surface area contributed by atoms with Gasteiger partial charge in [-0.3, -0.25) is 4.79 Å². The van der Waals surface area contributed by atoms with Gasteiger partial charge in [-0.1, -0.05) is 18.2 Å². The van der Waals surface area contributed by atoms with E-state index in [1.807, 2.05) is 14.1 Å². The Kier molecular flexibility index (Phi) is 8.34. The number of halogens is 2. The number of carbonyl (C=O) groups excluding carboxylic acids is 1. The fourth-order valence-electron chi connectivity index (χ4n) is 4.46. The van der Waals surface area contributed by atoms with Gasteiger partial charge in [0.1, 0.15) is 11.6 Å². The van der Waals surface area contributed by atoms with Crippen LogP contribution in [-0.2, 0) is 24.2 Å². The molecule has 174 valence electrons. The summed E-state index contributed by atoms with van der Waals surface area (Å²) in [6.45, 7) is 2.48. The van der Waals surface area contributed by atoms with E-state index in [1.165, 1.54) is 35.7 Å². The van der Waals surface area contributed by atoms with E-state index in [9.17, 15) is 18.7 Å². The van der Waals surface area contributed by atoms with Crippen molar-refractivity contribution in [3.63, 3.8) is 0 Å². The number of fused-ring (bicyclic) bond motifs is 1. The third-order valence-corrected chi connectivity index (χ3v) is 5.83. The Hall–Kier alpha value is -2.35. The number of aliphatic hydroxyl groups is 1. The van der Waals surface area contributed by atoms with E-state index in [-0.39, 0.29) is 24.9 Å². The summed E-state index contributed by atoms with van der Waals surface area (Å²) in [7, 11) is 4.08. The van der Waals surface area contributed by atoms with Crippen molar-refractivity contribution in [1.29, 1.82) is 0 Å². The number of rotatable bonds is 9. The molecule has 2 unspecified atom stereocenters. The minimum atomic E-state index is -0.916. The molecular formula is C25H33F2N3O2. The number of benzene rings is 2. The van der Waals surface area contributed by atoms with Gasteiger partial charge in [0.25, 0.3) is 0 Å². The first-order valence-corrected chi connectivity index (χ1v) is 11.1. The van der Waals surface area contributed by atoms with Crippen LogP contribution in [0.5, 0.6) is 0 Å². The molecule has 0 spiro atoms. The van der Waals surface area contributed by atoms with Gasteiger partial charge in [0.05, 0.1) is 12.1 Å². The number of nitrogens with one attached hydrogen (secondary N) is 2.